The first kappa shape index (κ1) is 21.5. The first-order valence-corrected chi connectivity index (χ1v) is 11.6. The molecule has 0 aliphatic heterocycles. The number of hydrogen-bond acceptors (Lipinski definition) is 3. The third-order valence-electron chi connectivity index (χ3n) is 5.17. The van der Waals surface area contributed by atoms with Crippen LogP contribution in [0.25, 0.3) is 0 Å². The van der Waals surface area contributed by atoms with Gasteiger partial charge in [-0.1, -0.05) is 24.3 Å². The van der Waals surface area contributed by atoms with Crippen molar-refractivity contribution in [3.63, 3.8) is 0 Å². The van der Waals surface area contributed by atoms with Gasteiger partial charge in [0.1, 0.15) is 6.04 Å². The van der Waals surface area contributed by atoms with Crippen molar-refractivity contribution in [2.45, 2.75) is 63.1 Å². The molecule has 4 N–H and O–H groups in total. The van der Waals surface area contributed by atoms with Gasteiger partial charge in [0.25, 0.3) is 5.91 Å². The predicted molar refractivity (Wildman–Crippen MR) is 114 cm³/mol. The number of carbonyl (C=O) groups excluding carboxylic acids is 1. The average Bonchev–Trinajstić information content (AvgIpc) is 2.67. The predicted octanol–water partition coefficient (Wildman–Crippen LogP) is 2.34. The van der Waals surface area contributed by atoms with E-state index >= 15 is 0 Å². The van der Waals surface area contributed by atoms with E-state index in [0.717, 1.165) is 19.3 Å². The Morgan fingerprint density at radius 3 is 2.45 bits per heavy atom. The maximum absolute atomic E-state index is 12.7. The van der Waals surface area contributed by atoms with Crippen LogP contribution >= 0.6 is 0 Å². The summed E-state index contributed by atoms with van der Waals surface area (Å²) < 4.78 is 27.0. The number of carbonyl (C=O) groups is 1. The van der Waals surface area contributed by atoms with Crippen molar-refractivity contribution in [2.75, 3.05) is 5.32 Å². The van der Waals surface area contributed by atoms with E-state index in [1.807, 2.05) is 6.92 Å². The normalized spacial score (nSPS) is 17.6. The molecule has 0 radical (unpaired) electrons. The minimum Gasteiger partial charge on any atom is -0.330 e. The van der Waals surface area contributed by atoms with Gasteiger partial charge in [0.2, 0.25) is 10.0 Å². The molecule has 0 heterocycles. The van der Waals surface area contributed by atoms with E-state index in [0.29, 0.717) is 5.69 Å². The Balaban J connectivity index is 1.62. The number of anilines is 1. The van der Waals surface area contributed by atoms with Crippen molar-refractivity contribution in [2.24, 2.45) is 0 Å². The largest absolute Gasteiger partial charge is 0.330 e. The molecule has 2 aromatic rings. The molecule has 1 amide bonds. The smallest absolute Gasteiger partial charge is 0.282 e. The summed E-state index contributed by atoms with van der Waals surface area (Å²) in [7, 11) is -3.54. The van der Waals surface area contributed by atoms with Crippen LogP contribution < -0.4 is 15.4 Å². The van der Waals surface area contributed by atoms with Gasteiger partial charge >= 0.3 is 0 Å². The molecule has 0 unspecified atom stereocenters. The lowest BCUT2D eigenvalue weighted by Crippen LogP contribution is -2.92. The molecule has 7 heteroatoms. The molecular weight excluding hydrogens is 386 g/mol. The van der Waals surface area contributed by atoms with Gasteiger partial charge in [-0.15, -0.1) is 0 Å². The Hall–Kier alpha value is -2.22. The molecule has 29 heavy (non-hydrogen) atoms. The summed E-state index contributed by atoms with van der Waals surface area (Å²) in [4.78, 5) is 12.8. The van der Waals surface area contributed by atoms with Gasteiger partial charge < -0.3 is 10.6 Å². The number of rotatable bonds is 7. The number of sulfonamides is 1. The van der Waals surface area contributed by atoms with E-state index in [-0.39, 0.29) is 28.9 Å². The molecule has 1 aliphatic rings. The zero-order chi connectivity index (χ0) is 21.0. The lowest BCUT2D eigenvalue weighted by Gasteiger charge is -2.26. The van der Waals surface area contributed by atoms with Crippen LogP contribution in [0.15, 0.2) is 53.4 Å². The second-order valence-electron chi connectivity index (χ2n) is 7.97. The molecule has 3 rings (SSSR count). The van der Waals surface area contributed by atoms with E-state index in [1.165, 1.54) is 23.3 Å². The van der Waals surface area contributed by atoms with Crippen LogP contribution in [0.1, 0.15) is 50.8 Å². The first-order chi connectivity index (χ1) is 13.8. The number of fused-ring (bicyclic) bond motifs is 1. The fourth-order valence-corrected chi connectivity index (χ4v) is 5.03. The standard InChI is InChI=1S/C22H29N3O3S/c1-15(2)25-29(27,28)19-13-11-18(12-14-19)24-22(26)16(3)23-21-10-6-8-17-7-4-5-9-20(17)21/h4-5,7,9,11-16,21,23,25H,6,8,10H2,1-3H3,(H,24,26)/p+1/t16-,21+/m1/s1. The number of quaternary nitrogens is 1. The molecule has 0 fully saturated rings. The molecule has 0 spiro atoms. The molecule has 0 bridgehead atoms. The van der Waals surface area contributed by atoms with E-state index in [1.54, 1.807) is 26.0 Å². The van der Waals surface area contributed by atoms with Crippen LogP contribution in [0.3, 0.4) is 0 Å². The zero-order valence-electron chi connectivity index (χ0n) is 17.2. The Labute approximate surface area is 173 Å². The fourth-order valence-electron chi connectivity index (χ4n) is 3.78. The van der Waals surface area contributed by atoms with E-state index in [9.17, 15) is 13.2 Å². The highest BCUT2D eigenvalue weighted by Gasteiger charge is 2.27. The summed E-state index contributed by atoms with van der Waals surface area (Å²) in [6.07, 6.45) is 3.29. The van der Waals surface area contributed by atoms with Gasteiger partial charge in [-0.2, -0.15) is 0 Å². The maximum atomic E-state index is 12.7. The highest BCUT2D eigenvalue weighted by atomic mass is 32.2. The van der Waals surface area contributed by atoms with Crippen molar-refractivity contribution in [1.82, 2.24) is 4.72 Å². The number of nitrogens with two attached hydrogens (primary N) is 1. The van der Waals surface area contributed by atoms with Gasteiger partial charge in [-0.05, 0) is 63.4 Å². The molecule has 0 saturated heterocycles. The van der Waals surface area contributed by atoms with Crippen molar-refractivity contribution in [1.29, 1.82) is 0 Å². The zero-order valence-corrected chi connectivity index (χ0v) is 18.0. The molecular formula is C22H30N3O3S+. The van der Waals surface area contributed by atoms with Gasteiger partial charge in [0.15, 0.2) is 6.04 Å². The van der Waals surface area contributed by atoms with Crippen LogP contribution in [-0.4, -0.2) is 26.4 Å². The van der Waals surface area contributed by atoms with Crippen LogP contribution in [0, 0.1) is 0 Å². The third-order valence-corrected chi connectivity index (χ3v) is 6.85. The fraction of sp³-hybridized carbons (Fsp3) is 0.409. The Bertz CT molecular complexity index is 956. The summed E-state index contributed by atoms with van der Waals surface area (Å²) >= 11 is 0. The second-order valence-corrected chi connectivity index (χ2v) is 9.68. The molecule has 2 atom stereocenters. The number of aryl methyl sites for hydroxylation is 1. The summed E-state index contributed by atoms with van der Waals surface area (Å²) in [6, 6.07) is 14.6. The SMILES string of the molecule is CC(C)NS(=O)(=O)c1ccc(NC(=O)[C@@H](C)[NH2+][C@H]2CCCc3ccccc32)cc1. The van der Waals surface area contributed by atoms with Crippen LogP contribution in [0.5, 0.6) is 0 Å². The van der Waals surface area contributed by atoms with Crippen molar-refractivity contribution < 1.29 is 18.5 Å². The van der Waals surface area contributed by atoms with Crippen molar-refractivity contribution in [3.8, 4) is 0 Å². The summed E-state index contributed by atoms with van der Waals surface area (Å²) in [6.45, 7) is 5.45. The van der Waals surface area contributed by atoms with Crippen molar-refractivity contribution in [3.05, 3.63) is 59.7 Å². The lowest BCUT2D eigenvalue weighted by molar-refractivity contribution is -0.714. The number of amides is 1. The molecule has 2 aromatic carbocycles. The highest BCUT2D eigenvalue weighted by molar-refractivity contribution is 7.89. The van der Waals surface area contributed by atoms with E-state index in [2.05, 4.69) is 39.6 Å². The second kappa shape index (κ2) is 9.07. The molecule has 0 saturated carbocycles. The molecule has 156 valence electrons. The van der Waals surface area contributed by atoms with Crippen LogP contribution in [0.4, 0.5) is 5.69 Å². The highest BCUT2D eigenvalue weighted by Crippen LogP contribution is 2.26. The number of nitrogens with one attached hydrogen (secondary N) is 2. The minimum atomic E-state index is -3.54. The van der Waals surface area contributed by atoms with Gasteiger partial charge in [-0.25, -0.2) is 13.1 Å². The van der Waals surface area contributed by atoms with Gasteiger partial charge in [0, 0.05) is 23.7 Å². The van der Waals surface area contributed by atoms with Crippen LogP contribution in [-0.2, 0) is 21.2 Å². The van der Waals surface area contributed by atoms with Crippen LogP contribution in [0.2, 0.25) is 0 Å². The molecule has 1 aliphatic carbocycles. The quantitative estimate of drug-likeness (QED) is 0.647. The Morgan fingerprint density at radius 2 is 1.76 bits per heavy atom. The van der Waals surface area contributed by atoms with E-state index in [4.69, 9.17) is 0 Å². The summed E-state index contributed by atoms with van der Waals surface area (Å²) in [5.74, 6) is -0.0935. The van der Waals surface area contributed by atoms with Gasteiger partial charge in [0.05, 0.1) is 4.90 Å². The summed E-state index contributed by atoms with van der Waals surface area (Å²) in [5, 5.41) is 5.01. The first-order valence-electron chi connectivity index (χ1n) is 10.1. The summed E-state index contributed by atoms with van der Waals surface area (Å²) in [5.41, 5.74) is 3.29. The maximum Gasteiger partial charge on any atom is 0.282 e. The Morgan fingerprint density at radius 1 is 1.07 bits per heavy atom. The topological polar surface area (TPSA) is 91.9 Å². The van der Waals surface area contributed by atoms with E-state index < -0.39 is 10.0 Å². The number of hydrogen-bond donors (Lipinski definition) is 3. The third kappa shape index (κ3) is 5.44. The molecule has 0 aromatic heterocycles. The average molecular weight is 417 g/mol. The Kier molecular flexibility index (Phi) is 6.72. The lowest BCUT2D eigenvalue weighted by atomic mass is 9.87. The minimum absolute atomic E-state index is 0.0935. The number of benzene rings is 2. The monoisotopic (exact) mass is 416 g/mol. The van der Waals surface area contributed by atoms with Gasteiger partial charge in [-0.3, -0.25) is 4.79 Å². The molecule has 6 nitrogen and oxygen atoms in total. The van der Waals surface area contributed by atoms with Crippen molar-refractivity contribution >= 4 is 21.6 Å².